The molecule has 2 aromatic rings. The van der Waals surface area contributed by atoms with Crippen LogP contribution in [-0.2, 0) is 40.4 Å². The fourth-order valence-electron chi connectivity index (χ4n) is 7.25. The van der Waals surface area contributed by atoms with Crippen LogP contribution < -0.4 is 4.74 Å². The SMILES string of the molecule is CC(=O)O[C@@H](C)C(=O)O[C@H](C(=O)OC1=CC[C@@]2(O)[C@H]3Cc4ccc(O)c5c4[C@@]2(CCCN3C)[C@H]1O5)c1ccccc1. The molecule has 2 heterocycles. The number of aromatic hydroxyl groups is 1. The summed E-state index contributed by atoms with van der Waals surface area (Å²) in [7, 11) is 2.01. The molecule has 2 bridgehead atoms. The molecule has 2 aromatic carbocycles. The summed E-state index contributed by atoms with van der Waals surface area (Å²) in [6.07, 6.45) is 0.244. The molecule has 0 amide bonds. The molecular weight excluding hydrogens is 530 g/mol. The number of phenolic OH excluding ortho intramolecular Hbond substituents is 1. The zero-order chi connectivity index (χ0) is 29.1. The Morgan fingerprint density at radius 2 is 1.85 bits per heavy atom. The fourth-order valence-corrected chi connectivity index (χ4v) is 7.25. The van der Waals surface area contributed by atoms with Gasteiger partial charge in [-0.05, 0) is 57.5 Å². The summed E-state index contributed by atoms with van der Waals surface area (Å²) < 4.78 is 22.8. The summed E-state index contributed by atoms with van der Waals surface area (Å²) in [5.41, 5.74) is -0.0325. The molecule has 4 aliphatic rings. The van der Waals surface area contributed by atoms with Crippen molar-refractivity contribution in [2.24, 2.45) is 0 Å². The minimum atomic E-state index is -1.45. The molecule has 10 heteroatoms. The van der Waals surface area contributed by atoms with Crippen molar-refractivity contribution >= 4 is 17.9 Å². The van der Waals surface area contributed by atoms with E-state index in [0.29, 0.717) is 24.2 Å². The topological polar surface area (TPSA) is 132 Å². The first kappa shape index (κ1) is 27.3. The van der Waals surface area contributed by atoms with Crippen LogP contribution in [0.15, 0.2) is 54.3 Å². The number of ether oxygens (including phenoxy) is 4. The molecule has 2 N–H and O–H groups in total. The summed E-state index contributed by atoms with van der Waals surface area (Å²) in [6.45, 7) is 3.31. The van der Waals surface area contributed by atoms with Crippen LogP contribution in [0.2, 0.25) is 0 Å². The van der Waals surface area contributed by atoms with Gasteiger partial charge in [0.25, 0.3) is 0 Å². The molecule has 2 aliphatic carbocycles. The number of benzene rings is 2. The Bertz CT molecular complexity index is 1440. The van der Waals surface area contributed by atoms with Crippen LogP contribution in [-0.4, -0.2) is 70.5 Å². The second kappa shape index (κ2) is 9.88. The van der Waals surface area contributed by atoms with Gasteiger partial charge in [-0.1, -0.05) is 36.4 Å². The normalized spacial score (nSPS) is 29.1. The van der Waals surface area contributed by atoms with Crippen molar-refractivity contribution in [3.8, 4) is 11.5 Å². The van der Waals surface area contributed by atoms with E-state index in [9.17, 15) is 24.6 Å². The van der Waals surface area contributed by atoms with Gasteiger partial charge in [-0.25, -0.2) is 9.59 Å². The second-order valence-electron chi connectivity index (χ2n) is 11.4. The van der Waals surface area contributed by atoms with Gasteiger partial charge in [0.15, 0.2) is 23.7 Å². The number of likely N-dealkylation sites (tertiary alicyclic amines) is 1. The first-order chi connectivity index (χ1) is 19.6. The number of nitrogens with zero attached hydrogens (tertiary/aromatic N) is 1. The monoisotopic (exact) mass is 563 g/mol. The lowest BCUT2D eigenvalue weighted by atomic mass is 9.52. The molecule has 1 saturated heterocycles. The molecule has 0 aromatic heterocycles. The van der Waals surface area contributed by atoms with Gasteiger partial charge in [-0.3, -0.25) is 4.79 Å². The van der Waals surface area contributed by atoms with Gasteiger partial charge >= 0.3 is 17.9 Å². The lowest BCUT2D eigenvalue weighted by Crippen LogP contribution is -2.69. The zero-order valence-corrected chi connectivity index (χ0v) is 23.2. The number of carbonyl (C=O) groups excluding carboxylic acids is 3. The van der Waals surface area contributed by atoms with Gasteiger partial charge < -0.3 is 34.1 Å². The van der Waals surface area contributed by atoms with Crippen molar-refractivity contribution in [3.05, 3.63) is 71.0 Å². The number of phenols is 1. The Kier molecular flexibility index (Phi) is 6.58. The Hall–Kier alpha value is -3.89. The second-order valence-corrected chi connectivity index (χ2v) is 11.4. The highest BCUT2D eigenvalue weighted by Crippen LogP contribution is 2.65. The summed E-state index contributed by atoms with van der Waals surface area (Å²) in [4.78, 5) is 40.0. The number of hydrogen-bond donors (Lipinski definition) is 2. The lowest BCUT2D eigenvalue weighted by Gasteiger charge is -2.56. The van der Waals surface area contributed by atoms with E-state index in [1.807, 2.05) is 13.1 Å². The fraction of sp³-hybridized carbons (Fsp3) is 0.452. The van der Waals surface area contributed by atoms with Crippen molar-refractivity contribution in [1.82, 2.24) is 4.90 Å². The minimum Gasteiger partial charge on any atom is -0.504 e. The standard InChI is InChI=1S/C31H33NO9/c1-17(38-18(2)33)28(35)41-25(19-8-5-4-6-9-19)29(36)39-22-12-14-31(37)23-16-20-10-11-21(34)26-24(20)30(31,27(22)40-26)13-7-15-32(23)3/h4-6,8-12,17,23,25,27,34,37H,7,13-16H2,1-3H3/t17-,23+,25-,27-,30-,31+/m0/s1. The summed E-state index contributed by atoms with van der Waals surface area (Å²) >= 11 is 0. The molecule has 2 aliphatic heterocycles. The molecule has 0 radical (unpaired) electrons. The van der Waals surface area contributed by atoms with Crippen LogP contribution in [0.25, 0.3) is 0 Å². The van der Waals surface area contributed by atoms with Gasteiger partial charge in [0.2, 0.25) is 6.10 Å². The molecule has 1 fully saturated rings. The Balaban J connectivity index is 1.37. The zero-order valence-electron chi connectivity index (χ0n) is 23.2. The third-order valence-corrected chi connectivity index (χ3v) is 9.02. The molecule has 6 atom stereocenters. The molecule has 10 nitrogen and oxygen atoms in total. The number of rotatable bonds is 6. The van der Waals surface area contributed by atoms with Gasteiger partial charge in [0.1, 0.15) is 5.76 Å². The summed E-state index contributed by atoms with van der Waals surface area (Å²) in [6, 6.07) is 11.7. The maximum atomic E-state index is 13.7. The van der Waals surface area contributed by atoms with Crippen LogP contribution in [0.4, 0.5) is 0 Å². The van der Waals surface area contributed by atoms with Crippen LogP contribution in [0.1, 0.15) is 55.9 Å². The van der Waals surface area contributed by atoms with Crippen molar-refractivity contribution in [1.29, 1.82) is 0 Å². The van der Waals surface area contributed by atoms with E-state index in [0.717, 1.165) is 24.1 Å². The first-order valence-corrected chi connectivity index (χ1v) is 13.9. The number of carbonyl (C=O) groups is 3. The van der Waals surface area contributed by atoms with E-state index in [-0.39, 0.29) is 24.0 Å². The minimum absolute atomic E-state index is 0.0350. The highest BCUT2D eigenvalue weighted by atomic mass is 16.6. The van der Waals surface area contributed by atoms with Crippen LogP contribution >= 0.6 is 0 Å². The quantitative estimate of drug-likeness (QED) is 0.400. The van der Waals surface area contributed by atoms with Crippen molar-refractivity contribution in [2.45, 2.75) is 74.9 Å². The molecule has 1 spiro atoms. The Morgan fingerprint density at radius 1 is 1.10 bits per heavy atom. The number of likely N-dealkylation sites (N-methyl/N-ethyl adjacent to an activating group) is 1. The first-order valence-electron chi connectivity index (χ1n) is 13.9. The molecule has 0 saturated carbocycles. The maximum Gasteiger partial charge on any atom is 0.357 e. The van der Waals surface area contributed by atoms with Crippen LogP contribution in [0, 0.1) is 0 Å². The van der Waals surface area contributed by atoms with Crippen molar-refractivity contribution in [3.63, 3.8) is 0 Å². The van der Waals surface area contributed by atoms with E-state index in [2.05, 4.69) is 4.90 Å². The van der Waals surface area contributed by atoms with Crippen LogP contribution in [0.5, 0.6) is 11.5 Å². The van der Waals surface area contributed by atoms with Crippen molar-refractivity contribution < 1.29 is 43.5 Å². The van der Waals surface area contributed by atoms with Gasteiger partial charge in [0, 0.05) is 30.5 Å². The summed E-state index contributed by atoms with van der Waals surface area (Å²) in [5, 5.41) is 23.2. The van der Waals surface area contributed by atoms with E-state index in [4.69, 9.17) is 18.9 Å². The van der Waals surface area contributed by atoms with Gasteiger partial charge in [0.05, 0.1) is 11.0 Å². The average molecular weight is 564 g/mol. The molecule has 216 valence electrons. The molecule has 6 rings (SSSR count). The summed E-state index contributed by atoms with van der Waals surface area (Å²) in [5.74, 6) is -1.97. The predicted octanol–water partition coefficient (Wildman–Crippen LogP) is 2.84. The van der Waals surface area contributed by atoms with E-state index < -0.39 is 47.2 Å². The molecule has 41 heavy (non-hydrogen) atoms. The third kappa shape index (κ3) is 4.11. The predicted molar refractivity (Wildman–Crippen MR) is 144 cm³/mol. The van der Waals surface area contributed by atoms with E-state index >= 15 is 0 Å². The van der Waals surface area contributed by atoms with Gasteiger partial charge in [-0.2, -0.15) is 0 Å². The van der Waals surface area contributed by atoms with E-state index in [1.165, 1.54) is 13.8 Å². The Labute approximate surface area is 237 Å². The van der Waals surface area contributed by atoms with Gasteiger partial charge in [-0.15, -0.1) is 0 Å². The smallest absolute Gasteiger partial charge is 0.357 e. The lowest BCUT2D eigenvalue weighted by molar-refractivity contribution is -0.178. The van der Waals surface area contributed by atoms with Crippen LogP contribution in [0.3, 0.4) is 0 Å². The maximum absolute atomic E-state index is 13.7. The Morgan fingerprint density at radius 3 is 2.59 bits per heavy atom. The molecule has 0 unspecified atom stereocenters. The average Bonchev–Trinajstić information content (AvgIpc) is 3.28. The molecular formula is C31H33NO9. The number of hydrogen-bond acceptors (Lipinski definition) is 10. The third-order valence-electron chi connectivity index (χ3n) is 9.02. The highest BCUT2D eigenvalue weighted by Gasteiger charge is 2.71. The number of aliphatic hydroxyl groups is 1. The van der Waals surface area contributed by atoms with Crippen molar-refractivity contribution in [2.75, 3.05) is 13.6 Å². The van der Waals surface area contributed by atoms with E-state index in [1.54, 1.807) is 42.5 Å². The largest absolute Gasteiger partial charge is 0.504 e. The number of esters is 3. The highest BCUT2D eigenvalue weighted by molar-refractivity contribution is 5.84.